The van der Waals surface area contributed by atoms with Gasteiger partial charge in [-0.25, -0.2) is 0 Å². The van der Waals surface area contributed by atoms with Crippen LogP contribution in [0.15, 0.2) is 65.9 Å². The minimum atomic E-state index is -0.796. The van der Waals surface area contributed by atoms with Crippen molar-refractivity contribution < 1.29 is 29.3 Å². The van der Waals surface area contributed by atoms with Crippen molar-refractivity contribution in [1.29, 1.82) is 0 Å². The number of nitrogens with zero attached hydrogens (tertiary/aromatic N) is 2. The van der Waals surface area contributed by atoms with Gasteiger partial charge in [0.15, 0.2) is 23.0 Å². The van der Waals surface area contributed by atoms with Gasteiger partial charge in [0, 0.05) is 26.2 Å². The number of aliphatic hydroxyl groups is 1. The summed E-state index contributed by atoms with van der Waals surface area (Å²) < 4.78 is 10.9. The average molecular weight is 493 g/mol. The van der Waals surface area contributed by atoms with Crippen LogP contribution in [0.1, 0.15) is 30.5 Å². The van der Waals surface area contributed by atoms with Crippen molar-refractivity contribution in [2.24, 2.45) is 0 Å². The van der Waals surface area contributed by atoms with Crippen molar-refractivity contribution in [3.63, 3.8) is 0 Å². The number of phenolic OH excluding ortho intramolecular Hbond substituents is 1. The van der Waals surface area contributed by atoms with Crippen molar-refractivity contribution in [2.75, 3.05) is 46.0 Å². The summed E-state index contributed by atoms with van der Waals surface area (Å²) in [5.74, 6) is -1.34. The van der Waals surface area contributed by atoms with Crippen LogP contribution in [0.2, 0.25) is 0 Å². The topological polar surface area (TPSA) is 99.5 Å². The van der Waals surface area contributed by atoms with Gasteiger partial charge in [-0.3, -0.25) is 14.5 Å². The first kappa shape index (κ1) is 25.5. The number of hydrogen-bond donors (Lipinski definition) is 2. The van der Waals surface area contributed by atoms with Crippen molar-refractivity contribution in [1.82, 2.24) is 9.80 Å². The summed E-state index contributed by atoms with van der Waals surface area (Å²) in [7, 11) is 0. The van der Waals surface area contributed by atoms with Gasteiger partial charge in [0.2, 0.25) is 0 Å². The molecule has 1 fully saturated rings. The number of morpholine rings is 1. The smallest absolute Gasteiger partial charge is 0.290 e. The lowest BCUT2D eigenvalue weighted by Gasteiger charge is -2.30. The van der Waals surface area contributed by atoms with E-state index in [1.165, 1.54) is 17.0 Å². The summed E-state index contributed by atoms with van der Waals surface area (Å²) in [6.07, 6.45) is 3.71. The summed E-state index contributed by atoms with van der Waals surface area (Å²) in [6, 6.07) is 13.3. The number of ether oxygens (including phenoxy) is 2. The number of carbonyl (C=O) groups excluding carboxylic acids is 2. The molecule has 0 aliphatic carbocycles. The van der Waals surface area contributed by atoms with Crippen LogP contribution in [0, 0.1) is 0 Å². The van der Waals surface area contributed by atoms with Crippen molar-refractivity contribution in [3.8, 4) is 11.5 Å². The van der Waals surface area contributed by atoms with E-state index in [0.29, 0.717) is 38.3 Å². The second-order valence-electron chi connectivity index (χ2n) is 8.74. The number of hydrogen-bond acceptors (Lipinski definition) is 7. The summed E-state index contributed by atoms with van der Waals surface area (Å²) >= 11 is 0. The zero-order valence-corrected chi connectivity index (χ0v) is 20.4. The predicted octanol–water partition coefficient (Wildman–Crippen LogP) is 3.49. The molecular weight excluding hydrogens is 460 g/mol. The molecule has 0 spiro atoms. The molecule has 2 N–H and O–H groups in total. The lowest BCUT2D eigenvalue weighted by molar-refractivity contribution is -0.129. The average Bonchev–Trinajstić information content (AvgIpc) is 3.15. The second kappa shape index (κ2) is 11.9. The molecule has 1 atom stereocenters. The molecule has 1 amide bonds. The Bertz CT molecular complexity index is 1140. The molecule has 4 rings (SSSR count). The first-order chi connectivity index (χ1) is 17.5. The van der Waals surface area contributed by atoms with E-state index in [0.717, 1.165) is 25.2 Å². The highest BCUT2D eigenvalue weighted by molar-refractivity contribution is 6.14. The Morgan fingerprint density at radius 3 is 2.58 bits per heavy atom. The largest absolute Gasteiger partial charge is 0.504 e. The number of carbonyl (C=O) groups is 2. The minimum Gasteiger partial charge on any atom is -0.504 e. The lowest BCUT2D eigenvalue weighted by atomic mass is 9.95. The fraction of sp³-hybridized carbons (Fsp3) is 0.357. The van der Waals surface area contributed by atoms with Gasteiger partial charge in [-0.05, 0) is 42.7 Å². The van der Waals surface area contributed by atoms with Crippen molar-refractivity contribution in [3.05, 3.63) is 77.1 Å². The number of benzene rings is 2. The van der Waals surface area contributed by atoms with Gasteiger partial charge < -0.3 is 24.6 Å². The van der Waals surface area contributed by atoms with E-state index < -0.39 is 23.5 Å². The fourth-order valence-corrected chi connectivity index (χ4v) is 4.57. The van der Waals surface area contributed by atoms with Crippen molar-refractivity contribution >= 4 is 17.8 Å². The molecule has 2 aromatic rings. The number of aromatic hydroxyl groups is 1. The molecule has 8 nitrogen and oxygen atoms in total. The molecule has 0 aromatic heterocycles. The molecule has 0 unspecified atom stereocenters. The molecule has 8 heteroatoms. The van der Waals surface area contributed by atoms with E-state index in [2.05, 4.69) is 4.90 Å². The second-order valence-corrected chi connectivity index (χ2v) is 8.74. The van der Waals surface area contributed by atoms with E-state index in [1.807, 2.05) is 30.3 Å². The van der Waals surface area contributed by atoms with Crippen LogP contribution >= 0.6 is 0 Å². The minimum absolute atomic E-state index is 0.0201. The highest BCUT2D eigenvalue weighted by Crippen LogP contribution is 2.41. The number of amides is 1. The predicted molar refractivity (Wildman–Crippen MR) is 136 cm³/mol. The van der Waals surface area contributed by atoms with Gasteiger partial charge in [0.25, 0.3) is 5.91 Å². The van der Waals surface area contributed by atoms with Gasteiger partial charge in [-0.1, -0.05) is 42.5 Å². The van der Waals surface area contributed by atoms with Gasteiger partial charge in [0.05, 0.1) is 31.4 Å². The Kier molecular flexibility index (Phi) is 8.40. The van der Waals surface area contributed by atoms with Gasteiger partial charge in [-0.15, -0.1) is 0 Å². The Morgan fingerprint density at radius 2 is 1.86 bits per heavy atom. The zero-order valence-electron chi connectivity index (χ0n) is 20.4. The Labute approximate surface area is 211 Å². The summed E-state index contributed by atoms with van der Waals surface area (Å²) in [4.78, 5) is 30.3. The third kappa shape index (κ3) is 5.78. The molecule has 1 saturated heterocycles. The quantitative estimate of drug-likeness (QED) is 0.490. The number of allylic oxidation sites excluding steroid dienone is 1. The van der Waals surface area contributed by atoms with E-state index in [9.17, 15) is 19.8 Å². The van der Waals surface area contributed by atoms with E-state index >= 15 is 0 Å². The third-order valence-electron chi connectivity index (χ3n) is 6.37. The summed E-state index contributed by atoms with van der Waals surface area (Å²) in [5.41, 5.74) is 1.43. The lowest BCUT2D eigenvalue weighted by Crippen LogP contribution is -2.39. The van der Waals surface area contributed by atoms with Gasteiger partial charge in [0.1, 0.15) is 0 Å². The Hall–Kier alpha value is -3.62. The molecule has 2 aliphatic heterocycles. The molecule has 2 heterocycles. The van der Waals surface area contributed by atoms with Crippen LogP contribution in [0.25, 0.3) is 6.08 Å². The SMILES string of the molecule is CCOc1cc([C@@H]2C(C(=O)/C=C/c3ccccc3)=C(O)C(=O)N2CCCN2CCOCC2)ccc1O. The monoisotopic (exact) mass is 492 g/mol. The molecule has 0 radical (unpaired) electrons. The third-order valence-corrected chi connectivity index (χ3v) is 6.37. The van der Waals surface area contributed by atoms with Gasteiger partial charge in [-0.2, -0.15) is 0 Å². The Balaban J connectivity index is 1.62. The van der Waals surface area contributed by atoms with Crippen LogP contribution in [-0.4, -0.2) is 77.7 Å². The fourth-order valence-electron chi connectivity index (χ4n) is 4.57. The number of rotatable bonds is 10. The van der Waals surface area contributed by atoms with Crippen LogP contribution in [0.4, 0.5) is 0 Å². The molecule has 2 aromatic carbocycles. The molecule has 36 heavy (non-hydrogen) atoms. The van der Waals surface area contributed by atoms with Crippen LogP contribution < -0.4 is 4.74 Å². The van der Waals surface area contributed by atoms with Crippen LogP contribution in [0.3, 0.4) is 0 Å². The Morgan fingerprint density at radius 1 is 1.11 bits per heavy atom. The first-order valence-electron chi connectivity index (χ1n) is 12.3. The summed E-state index contributed by atoms with van der Waals surface area (Å²) in [6.45, 7) is 6.33. The maximum absolute atomic E-state index is 13.3. The highest BCUT2D eigenvalue weighted by Gasteiger charge is 2.42. The van der Waals surface area contributed by atoms with E-state index in [1.54, 1.807) is 25.1 Å². The standard InChI is InChI=1S/C28H32N2O6/c1-2-36-24-19-21(10-12-22(24)31)26-25(23(32)11-9-20-7-4-3-5-8-20)27(33)28(34)30(26)14-6-13-29-15-17-35-18-16-29/h3-5,7-12,19,26,31,33H,2,6,13-18H2,1H3/b11-9+/t26-/m1/s1. The van der Waals surface area contributed by atoms with E-state index in [4.69, 9.17) is 9.47 Å². The van der Waals surface area contributed by atoms with Crippen LogP contribution in [0.5, 0.6) is 11.5 Å². The number of ketones is 1. The van der Waals surface area contributed by atoms with E-state index in [-0.39, 0.29) is 17.1 Å². The zero-order chi connectivity index (χ0) is 25.5. The highest BCUT2D eigenvalue weighted by atomic mass is 16.5. The van der Waals surface area contributed by atoms with Gasteiger partial charge >= 0.3 is 0 Å². The molecule has 0 saturated carbocycles. The normalized spacial score (nSPS) is 18.9. The first-order valence-corrected chi connectivity index (χ1v) is 12.3. The molecule has 0 bridgehead atoms. The van der Waals surface area contributed by atoms with Crippen molar-refractivity contribution in [2.45, 2.75) is 19.4 Å². The van der Waals surface area contributed by atoms with Crippen LogP contribution in [-0.2, 0) is 14.3 Å². The molecule has 190 valence electrons. The molecular formula is C28H32N2O6. The maximum Gasteiger partial charge on any atom is 0.290 e. The number of phenols is 1. The number of aliphatic hydroxyl groups excluding tert-OH is 1. The molecule has 2 aliphatic rings. The summed E-state index contributed by atoms with van der Waals surface area (Å²) in [5, 5.41) is 21.0. The maximum atomic E-state index is 13.3.